The van der Waals surface area contributed by atoms with Crippen LogP contribution in [-0.2, 0) is 0 Å². The van der Waals surface area contributed by atoms with Crippen LogP contribution in [0, 0.1) is 0 Å². The molecule has 0 aliphatic heterocycles. The molecule has 26 heavy (non-hydrogen) atoms. The summed E-state index contributed by atoms with van der Waals surface area (Å²) in [4.78, 5) is 18.5. The van der Waals surface area contributed by atoms with Gasteiger partial charge in [0.05, 0.1) is 11.8 Å². The van der Waals surface area contributed by atoms with Crippen LogP contribution >= 0.6 is 0 Å². The zero-order chi connectivity index (χ0) is 18.9. The van der Waals surface area contributed by atoms with E-state index in [1.165, 1.54) is 0 Å². The van der Waals surface area contributed by atoms with Gasteiger partial charge < -0.3 is 20.3 Å². The van der Waals surface area contributed by atoms with Crippen molar-refractivity contribution >= 4 is 17.3 Å². The number of para-hydroxylation sites is 2. The molecule has 0 fully saturated rings. The molecule has 0 radical (unpaired) electrons. The number of hydrogen-bond acceptors (Lipinski definition) is 5. The van der Waals surface area contributed by atoms with Gasteiger partial charge in [-0.25, -0.2) is 0 Å². The van der Waals surface area contributed by atoms with Crippen molar-refractivity contribution in [1.29, 1.82) is 0 Å². The normalized spacial score (nSPS) is 10.8. The number of pyridine rings is 1. The van der Waals surface area contributed by atoms with Gasteiger partial charge in [0.2, 0.25) is 0 Å². The van der Waals surface area contributed by atoms with E-state index >= 15 is 0 Å². The van der Waals surface area contributed by atoms with E-state index in [4.69, 9.17) is 4.74 Å². The third-order valence-corrected chi connectivity index (χ3v) is 3.59. The predicted molar refractivity (Wildman–Crippen MR) is 105 cm³/mol. The second kappa shape index (κ2) is 9.77. The zero-order valence-corrected chi connectivity index (χ0v) is 16.0. The largest absolute Gasteiger partial charge is 0.489 e. The maximum absolute atomic E-state index is 12.3. The molecule has 2 rings (SSSR count). The first-order valence-corrected chi connectivity index (χ1v) is 8.87. The van der Waals surface area contributed by atoms with Crippen LogP contribution in [0.2, 0.25) is 0 Å². The van der Waals surface area contributed by atoms with Crippen LogP contribution in [0.1, 0.15) is 30.8 Å². The third-order valence-electron chi connectivity index (χ3n) is 3.59. The molecule has 0 aliphatic rings. The van der Waals surface area contributed by atoms with Crippen LogP contribution < -0.4 is 15.4 Å². The van der Waals surface area contributed by atoms with E-state index in [9.17, 15) is 4.79 Å². The minimum atomic E-state index is -0.167. The maximum atomic E-state index is 12.3. The number of benzene rings is 1. The molecule has 0 saturated carbocycles. The molecule has 1 amide bonds. The van der Waals surface area contributed by atoms with Crippen LogP contribution in [0.25, 0.3) is 0 Å². The molecule has 0 unspecified atom stereocenters. The third kappa shape index (κ3) is 6.37. The van der Waals surface area contributed by atoms with Gasteiger partial charge in [-0.1, -0.05) is 12.1 Å². The van der Waals surface area contributed by atoms with E-state index in [1.54, 1.807) is 12.3 Å². The highest BCUT2D eigenvalue weighted by atomic mass is 16.5. The summed E-state index contributed by atoms with van der Waals surface area (Å²) in [6, 6.07) is 11.3. The van der Waals surface area contributed by atoms with Gasteiger partial charge in [-0.05, 0) is 65.2 Å². The first-order valence-electron chi connectivity index (χ1n) is 8.87. The summed E-state index contributed by atoms with van der Waals surface area (Å²) in [6.45, 7) is 5.53. The second-order valence-electron chi connectivity index (χ2n) is 6.63. The molecule has 1 heterocycles. The Labute approximate surface area is 155 Å². The Morgan fingerprint density at radius 1 is 1.23 bits per heavy atom. The molecule has 6 heteroatoms. The number of nitrogens with zero attached hydrogens (tertiary/aromatic N) is 2. The van der Waals surface area contributed by atoms with Crippen LogP contribution in [0.5, 0.6) is 5.75 Å². The number of ether oxygens (including phenoxy) is 1. The zero-order valence-electron chi connectivity index (χ0n) is 16.0. The Balaban J connectivity index is 2.02. The van der Waals surface area contributed by atoms with Gasteiger partial charge in [0, 0.05) is 18.4 Å². The summed E-state index contributed by atoms with van der Waals surface area (Å²) < 4.78 is 5.82. The lowest BCUT2D eigenvalue weighted by Gasteiger charge is -2.15. The Kier molecular flexibility index (Phi) is 7.41. The summed E-state index contributed by atoms with van der Waals surface area (Å²) in [5.41, 5.74) is 2.03. The van der Waals surface area contributed by atoms with E-state index in [2.05, 4.69) is 20.5 Å². The smallest absolute Gasteiger partial charge is 0.269 e. The van der Waals surface area contributed by atoms with Gasteiger partial charge in [0.25, 0.3) is 5.91 Å². The van der Waals surface area contributed by atoms with E-state index in [1.807, 2.05) is 58.3 Å². The van der Waals surface area contributed by atoms with Crippen molar-refractivity contribution in [1.82, 2.24) is 15.2 Å². The number of carbonyl (C=O) groups is 1. The van der Waals surface area contributed by atoms with Crippen molar-refractivity contribution in [2.45, 2.75) is 26.4 Å². The topological polar surface area (TPSA) is 66.5 Å². The van der Waals surface area contributed by atoms with Crippen molar-refractivity contribution in [3.63, 3.8) is 0 Å². The molecule has 0 atom stereocenters. The molecular weight excluding hydrogens is 328 g/mol. The van der Waals surface area contributed by atoms with Crippen LogP contribution in [0.15, 0.2) is 42.6 Å². The standard InChI is InChI=1S/C20H28N4O2/c1-15(2)26-19-9-6-5-8-17(19)23-16-10-12-21-18(14-16)20(25)22-11-7-13-24(3)4/h5-6,8-10,12,14-15H,7,11,13H2,1-4H3,(H,21,23)(H,22,25). The van der Waals surface area contributed by atoms with Crippen molar-refractivity contribution in [2.24, 2.45) is 0 Å². The average Bonchev–Trinajstić information content (AvgIpc) is 2.60. The fourth-order valence-electron chi connectivity index (χ4n) is 2.40. The van der Waals surface area contributed by atoms with Crippen molar-refractivity contribution in [2.75, 3.05) is 32.5 Å². The molecule has 140 valence electrons. The summed E-state index contributed by atoms with van der Waals surface area (Å²) in [5, 5.41) is 6.21. The summed E-state index contributed by atoms with van der Waals surface area (Å²) in [5.74, 6) is 0.605. The maximum Gasteiger partial charge on any atom is 0.269 e. The molecule has 6 nitrogen and oxygen atoms in total. The first kappa shape index (κ1) is 19.7. The molecule has 2 N–H and O–H groups in total. The van der Waals surface area contributed by atoms with Crippen LogP contribution in [-0.4, -0.2) is 49.1 Å². The number of amides is 1. The molecule has 0 aliphatic carbocycles. The lowest BCUT2D eigenvalue weighted by atomic mass is 10.2. The molecule has 0 bridgehead atoms. The number of rotatable bonds is 9. The molecule has 1 aromatic heterocycles. The SMILES string of the molecule is CC(C)Oc1ccccc1Nc1ccnc(C(=O)NCCCN(C)C)c1. The van der Waals surface area contributed by atoms with Crippen LogP contribution in [0.3, 0.4) is 0 Å². The van der Waals surface area contributed by atoms with E-state index in [-0.39, 0.29) is 12.0 Å². The second-order valence-corrected chi connectivity index (χ2v) is 6.63. The molecule has 0 saturated heterocycles. The number of carbonyl (C=O) groups excluding carboxylic acids is 1. The lowest BCUT2D eigenvalue weighted by molar-refractivity contribution is 0.0947. The Hall–Kier alpha value is -2.60. The van der Waals surface area contributed by atoms with Crippen molar-refractivity contribution in [3.8, 4) is 5.75 Å². The Morgan fingerprint density at radius 3 is 2.73 bits per heavy atom. The lowest BCUT2D eigenvalue weighted by Crippen LogP contribution is -2.27. The first-order chi connectivity index (χ1) is 12.5. The van der Waals surface area contributed by atoms with Gasteiger partial charge in [0.15, 0.2) is 0 Å². The fraction of sp³-hybridized carbons (Fsp3) is 0.400. The molecule has 0 spiro atoms. The molecule has 1 aromatic carbocycles. The summed E-state index contributed by atoms with van der Waals surface area (Å²) in [7, 11) is 4.03. The van der Waals surface area contributed by atoms with E-state index in [0.29, 0.717) is 12.2 Å². The van der Waals surface area contributed by atoms with Gasteiger partial charge in [-0.2, -0.15) is 0 Å². The number of aromatic nitrogens is 1. The Bertz CT molecular complexity index is 716. The fourth-order valence-corrected chi connectivity index (χ4v) is 2.40. The minimum Gasteiger partial charge on any atom is -0.489 e. The predicted octanol–water partition coefficient (Wildman–Crippen LogP) is 3.29. The van der Waals surface area contributed by atoms with Crippen molar-refractivity contribution in [3.05, 3.63) is 48.3 Å². The Morgan fingerprint density at radius 2 is 2.00 bits per heavy atom. The van der Waals surface area contributed by atoms with E-state index in [0.717, 1.165) is 30.1 Å². The van der Waals surface area contributed by atoms with Crippen LogP contribution in [0.4, 0.5) is 11.4 Å². The number of hydrogen-bond donors (Lipinski definition) is 2. The average molecular weight is 356 g/mol. The van der Waals surface area contributed by atoms with E-state index < -0.39 is 0 Å². The molecule has 2 aromatic rings. The van der Waals surface area contributed by atoms with Crippen molar-refractivity contribution < 1.29 is 9.53 Å². The highest BCUT2D eigenvalue weighted by Gasteiger charge is 2.09. The van der Waals surface area contributed by atoms with Gasteiger partial charge in [-0.15, -0.1) is 0 Å². The van der Waals surface area contributed by atoms with Gasteiger partial charge in [-0.3, -0.25) is 9.78 Å². The highest BCUT2D eigenvalue weighted by Crippen LogP contribution is 2.28. The monoisotopic (exact) mass is 356 g/mol. The van der Waals surface area contributed by atoms with Gasteiger partial charge >= 0.3 is 0 Å². The summed E-state index contributed by atoms with van der Waals surface area (Å²) in [6.07, 6.45) is 2.61. The quantitative estimate of drug-likeness (QED) is 0.675. The molecular formula is C20H28N4O2. The van der Waals surface area contributed by atoms with Gasteiger partial charge in [0.1, 0.15) is 11.4 Å². The number of nitrogens with one attached hydrogen (secondary N) is 2. The highest BCUT2D eigenvalue weighted by molar-refractivity contribution is 5.93. The summed E-state index contributed by atoms with van der Waals surface area (Å²) >= 11 is 0. The minimum absolute atomic E-state index is 0.0823. The number of anilines is 2.